The van der Waals surface area contributed by atoms with Gasteiger partial charge in [0.15, 0.2) is 5.13 Å². The summed E-state index contributed by atoms with van der Waals surface area (Å²) in [6.07, 6.45) is 3.24. The van der Waals surface area contributed by atoms with Gasteiger partial charge in [-0.05, 0) is 67.6 Å². The van der Waals surface area contributed by atoms with E-state index in [0.29, 0.717) is 30.3 Å². The number of anilines is 1. The molecule has 2 heterocycles. The van der Waals surface area contributed by atoms with Gasteiger partial charge in [0, 0.05) is 44.8 Å². The Kier molecular flexibility index (Phi) is 10.5. The Labute approximate surface area is 236 Å². The van der Waals surface area contributed by atoms with Crippen molar-refractivity contribution in [3.05, 3.63) is 53.6 Å². The number of sulfonamides is 1. The van der Waals surface area contributed by atoms with Crippen molar-refractivity contribution >= 4 is 42.6 Å². The Hall–Kier alpha value is -2.37. The van der Waals surface area contributed by atoms with E-state index in [9.17, 15) is 13.2 Å². The SMILES string of the molecule is CCCN(CCC)S(=O)(=O)c1ccc(C(=O)N(CCCN2CCOCC2)c2nc3ccc(CC)cc3s2)cc1. The van der Waals surface area contributed by atoms with Crippen LogP contribution in [0.1, 0.15) is 56.0 Å². The van der Waals surface area contributed by atoms with E-state index in [1.807, 2.05) is 19.9 Å². The summed E-state index contributed by atoms with van der Waals surface area (Å²) in [5.41, 5.74) is 2.57. The molecule has 8 nitrogen and oxygen atoms in total. The zero-order valence-corrected chi connectivity index (χ0v) is 24.9. The highest BCUT2D eigenvalue weighted by molar-refractivity contribution is 7.89. The van der Waals surface area contributed by atoms with E-state index < -0.39 is 10.0 Å². The second-order valence-corrected chi connectivity index (χ2v) is 12.8. The summed E-state index contributed by atoms with van der Waals surface area (Å²) < 4.78 is 34.4. The van der Waals surface area contributed by atoms with Gasteiger partial charge in [-0.3, -0.25) is 14.6 Å². The molecule has 0 spiro atoms. The second kappa shape index (κ2) is 13.8. The lowest BCUT2D eigenvalue weighted by atomic mass is 10.2. The molecule has 4 rings (SSSR count). The highest BCUT2D eigenvalue weighted by Gasteiger charge is 2.25. The third-order valence-electron chi connectivity index (χ3n) is 6.97. The van der Waals surface area contributed by atoms with Crippen LogP contribution in [0.4, 0.5) is 5.13 Å². The quantitative estimate of drug-likeness (QED) is 0.286. The lowest BCUT2D eigenvalue weighted by Crippen LogP contribution is -2.39. The van der Waals surface area contributed by atoms with Crippen LogP contribution in [0, 0.1) is 0 Å². The summed E-state index contributed by atoms with van der Waals surface area (Å²) in [4.78, 5) is 23.0. The third kappa shape index (κ3) is 7.24. The summed E-state index contributed by atoms with van der Waals surface area (Å²) in [6, 6.07) is 12.6. The molecule has 0 radical (unpaired) electrons. The van der Waals surface area contributed by atoms with Crippen LogP contribution in [-0.4, -0.2) is 81.0 Å². The molecule has 1 aliphatic rings. The Balaban J connectivity index is 1.58. The zero-order valence-electron chi connectivity index (χ0n) is 23.3. The maximum atomic E-state index is 13.8. The number of thiazole rings is 1. The molecule has 0 atom stereocenters. The van der Waals surface area contributed by atoms with Crippen LogP contribution in [0.5, 0.6) is 0 Å². The summed E-state index contributed by atoms with van der Waals surface area (Å²) in [6.45, 7) is 11.7. The van der Waals surface area contributed by atoms with E-state index in [1.165, 1.54) is 21.2 Å². The van der Waals surface area contributed by atoms with E-state index in [4.69, 9.17) is 9.72 Å². The first-order valence-electron chi connectivity index (χ1n) is 14.0. The first-order valence-corrected chi connectivity index (χ1v) is 16.2. The molecule has 3 aromatic rings. The number of nitrogens with zero attached hydrogens (tertiary/aromatic N) is 4. The van der Waals surface area contributed by atoms with E-state index in [0.717, 1.165) is 68.7 Å². The molecule has 2 aromatic carbocycles. The maximum Gasteiger partial charge on any atom is 0.260 e. The Morgan fingerprint density at radius 2 is 1.69 bits per heavy atom. The first kappa shape index (κ1) is 29.6. The van der Waals surface area contributed by atoms with E-state index in [1.54, 1.807) is 29.2 Å². The van der Waals surface area contributed by atoms with Gasteiger partial charge in [0.2, 0.25) is 10.0 Å². The van der Waals surface area contributed by atoms with Crippen molar-refractivity contribution in [1.29, 1.82) is 0 Å². The molecule has 1 aliphatic heterocycles. The van der Waals surface area contributed by atoms with E-state index in [2.05, 4.69) is 24.0 Å². The predicted molar refractivity (Wildman–Crippen MR) is 158 cm³/mol. The second-order valence-electron chi connectivity index (χ2n) is 9.84. The zero-order chi connectivity index (χ0) is 27.8. The van der Waals surface area contributed by atoms with Gasteiger partial charge >= 0.3 is 0 Å². The van der Waals surface area contributed by atoms with Crippen molar-refractivity contribution in [2.45, 2.75) is 51.3 Å². The van der Waals surface area contributed by atoms with Crippen LogP contribution in [-0.2, 0) is 21.2 Å². The van der Waals surface area contributed by atoms with Gasteiger partial charge in [-0.1, -0.05) is 38.2 Å². The number of ether oxygens (including phenoxy) is 1. The van der Waals surface area contributed by atoms with Gasteiger partial charge in [-0.25, -0.2) is 13.4 Å². The molecular weight excluding hydrogens is 532 g/mol. The van der Waals surface area contributed by atoms with Gasteiger partial charge in [-0.15, -0.1) is 0 Å². The number of morpholine rings is 1. The number of amides is 1. The molecule has 212 valence electrons. The molecule has 10 heteroatoms. The number of fused-ring (bicyclic) bond motifs is 1. The van der Waals surface area contributed by atoms with Crippen molar-refractivity contribution in [3.63, 3.8) is 0 Å². The molecule has 0 saturated carbocycles. The lowest BCUT2D eigenvalue weighted by Gasteiger charge is -2.27. The van der Waals surface area contributed by atoms with Crippen molar-refractivity contribution < 1.29 is 17.9 Å². The number of carbonyl (C=O) groups is 1. The van der Waals surface area contributed by atoms with Crippen LogP contribution < -0.4 is 4.90 Å². The monoisotopic (exact) mass is 572 g/mol. The molecule has 0 unspecified atom stereocenters. The maximum absolute atomic E-state index is 13.8. The van der Waals surface area contributed by atoms with Crippen molar-refractivity contribution in [3.8, 4) is 0 Å². The van der Waals surface area contributed by atoms with Crippen LogP contribution in [0.3, 0.4) is 0 Å². The largest absolute Gasteiger partial charge is 0.379 e. The van der Waals surface area contributed by atoms with Gasteiger partial charge in [0.05, 0.1) is 28.3 Å². The van der Waals surface area contributed by atoms with Gasteiger partial charge in [-0.2, -0.15) is 4.31 Å². The van der Waals surface area contributed by atoms with Crippen LogP contribution in [0.2, 0.25) is 0 Å². The number of hydrogen-bond donors (Lipinski definition) is 0. The summed E-state index contributed by atoms with van der Waals surface area (Å²) in [5.74, 6) is -0.172. The molecule has 1 saturated heterocycles. The molecule has 0 aliphatic carbocycles. The minimum absolute atomic E-state index is 0.172. The standard InChI is InChI=1S/C29H40N4O4S2/c1-4-14-32(15-5-2)39(35,36)25-11-9-24(10-12-25)28(34)33(17-7-16-31-18-20-37-21-19-31)29-30-26-13-8-23(6-3)22-27(26)38-29/h8-13,22H,4-7,14-21H2,1-3H3. The fraction of sp³-hybridized carbons (Fsp3) is 0.517. The number of hydrogen-bond acceptors (Lipinski definition) is 7. The highest BCUT2D eigenvalue weighted by atomic mass is 32.2. The molecule has 1 amide bonds. The Morgan fingerprint density at radius 3 is 2.33 bits per heavy atom. The number of benzene rings is 2. The fourth-order valence-electron chi connectivity index (χ4n) is 4.78. The average Bonchev–Trinajstić information content (AvgIpc) is 3.38. The highest BCUT2D eigenvalue weighted by Crippen LogP contribution is 2.31. The molecule has 1 aromatic heterocycles. The van der Waals surface area contributed by atoms with E-state index in [-0.39, 0.29) is 10.8 Å². The van der Waals surface area contributed by atoms with Crippen molar-refractivity contribution in [2.24, 2.45) is 0 Å². The normalized spacial score (nSPS) is 14.8. The summed E-state index contributed by atoms with van der Waals surface area (Å²) in [7, 11) is -3.61. The number of aryl methyl sites for hydroxylation is 1. The van der Waals surface area contributed by atoms with Crippen molar-refractivity contribution in [1.82, 2.24) is 14.2 Å². The first-order chi connectivity index (χ1) is 18.9. The van der Waals surface area contributed by atoms with Gasteiger partial charge in [0.1, 0.15) is 0 Å². The number of carbonyl (C=O) groups excluding carboxylic acids is 1. The average molecular weight is 573 g/mol. The Morgan fingerprint density at radius 1 is 1.00 bits per heavy atom. The summed E-state index contributed by atoms with van der Waals surface area (Å²) >= 11 is 1.52. The predicted octanol–water partition coefficient (Wildman–Crippen LogP) is 5.04. The molecule has 0 bridgehead atoms. The Bertz CT molecular complexity index is 1330. The van der Waals surface area contributed by atoms with Crippen LogP contribution in [0.15, 0.2) is 47.4 Å². The number of rotatable bonds is 13. The topological polar surface area (TPSA) is 83.1 Å². The van der Waals surface area contributed by atoms with E-state index >= 15 is 0 Å². The molecule has 0 N–H and O–H groups in total. The minimum atomic E-state index is -3.61. The third-order valence-corrected chi connectivity index (χ3v) is 9.92. The molecular formula is C29H40N4O4S2. The minimum Gasteiger partial charge on any atom is -0.379 e. The fourth-order valence-corrected chi connectivity index (χ4v) is 7.46. The number of aromatic nitrogens is 1. The van der Waals surface area contributed by atoms with Crippen LogP contribution >= 0.6 is 11.3 Å². The van der Waals surface area contributed by atoms with Gasteiger partial charge < -0.3 is 4.74 Å². The summed E-state index contributed by atoms with van der Waals surface area (Å²) in [5, 5.41) is 0.666. The molecule has 39 heavy (non-hydrogen) atoms. The smallest absolute Gasteiger partial charge is 0.260 e. The van der Waals surface area contributed by atoms with Crippen LogP contribution in [0.25, 0.3) is 10.2 Å². The lowest BCUT2D eigenvalue weighted by molar-refractivity contribution is 0.0376. The van der Waals surface area contributed by atoms with Gasteiger partial charge in [0.25, 0.3) is 5.91 Å². The molecule has 1 fully saturated rings. The van der Waals surface area contributed by atoms with Crippen molar-refractivity contribution in [2.75, 3.05) is 57.4 Å².